The summed E-state index contributed by atoms with van der Waals surface area (Å²) >= 11 is 5.92. The lowest BCUT2D eigenvalue weighted by molar-refractivity contribution is 0.537. The quantitative estimate of drug-likeness (QED) is 0.441. The Morgan fingerprint density at radius 3 is 2.05 bits per heavy atom. The van der Waals surface area contributed by atoms with Crippen LogP contribution in [0, 0.1) is 0 Å². The zero-order valence-corrected chi connectivity index (χ0v) is 15.8. The molecule has 0 amide bonds. The normalized spacial score (nSPS) is 10.4. The second-order valence-corrected chi connectivity index (χ2v) is 5.55. The van der Waals surface area contributed by atoms with Gasteiger partial charge < -0.3 is 10.6 Å². The van der Waals surface area contributed by atoms with E-state index in [9.17, 15) is 0 Å². The van der Waals surface area contributed by atoms with E-state index in [2.05, 4.69) is 55.5 Å². The third kappa shape index (κ3) is 6.31. The van der Waals surface area contributed by atoms with Crippen molar-refractivity contribution < 1.29 is 0 Å². The number of aliphatic imine (C=N–C) groups is 1. The van der Waals surface area contributed by atoms with E-state index in [0.717, 1.165) is 30.6 Å². The van der Waals surface area contributed by atoms with Crippen LogP contribution in [0.5, 0.6) is 0 Å². The van der Waals surface area contributed by atoms with Gasteiger partial charge in [0.15, 0.2) is 5.96 Å². The van der Waals surface area contributed by atoms with Crippen LogP contribution in [0.3, 0.4) is 0 Å². The van der Waals surface area contributed by atoms with Gasteiger partial charge in [-0.2, -0.15) is 0 Å². The second kappa shape index (κ2) is 9.45. The molecule has 1 aromatic rings. The third-order valence-electron chi connectivity index (χ3n) is 2.95. The summed E-state index contributed by atoms with van der Waals surface area (Å²) in [5.74, 6) is 0.868. The molecule has 114 valence electrons. The van der Waals surface area contributed by atoms with Gasteiger partial charge in [0, 0.05) is 23.5 Å². The highest BCUT2D eigenvalue weighted by molar-refractivity contribution is 14.0. The van der Waals surface area contributed by atoms with Crippen LogP contribution in [0.4, 0.5) is 0 Å². The Bertz CT molecular complexity index is 408. The highest BCUT2D eigenvalue weighted by Crippen LogP contribution is 2.24. The third-order valence-corrected chi connectivity index (χ3v) is 3.20. The van der Waals surface area contributed by atoms with Crippen LogP contribution in [-0.4, -0.2) is 25.6 Å². The van der Waals surface area contributed by atoms with Crippen molar-refractivity contribution in [1.29, 1.82) is 0 Å². The van der Waals surface area contributed by atoms with Gasteiger partial charge in [-0.05, 0) is 31.5 Å². The second-order valence-electron chi connectivity index (χ2n) is 5.12. The molecule has 0 aliphatic heterocycles. The topological polar surface area (TPSA) is 36.4 Å². The number of benzene rings is 1. The highest BCUT2D eigenvalue weighted by Gasteiger charge is 2.20. The van der Waals surface area contributed by atoms with Gasteiger partial charge in [0.2, 0.25) is 0 Å². The summed E-state index contributed by atoms with van der Waals surface area (Å²) in [6.07, 6.45) is 0. The zero-order valence-electron chi connectivity index (χ0n) is 12.7. The molecule has 0 saturated heterocycles. The van der Waals surface area contributed by atoms with Crippen LogP contribution in [-0.2, 0) is 5.41 Å². The van der Waals surface area contributed by atoms with Gasteiger partial charge in [0.1, 0.15) is 0 Å². The smallest absolute Gasteiger partial charge is 0.191 e. The van der Waals surface area contributed by atoms with Crippen molar-refractivity contribution in [2.45, 2.75) is 33.1 Å². The molecule has 0 aromatic heterocycles. The largest absolute Gasteiger partial charge is 0.357 e. The van der Waals surface area contributed by atoms with Gasteiger partial charge in [-0.25, -0.2) is 0 Å². The first kappa shape index (κ1) is 19.5. The van der Waals surface area contributed by atoms with Crippen molar-refractivity contribution in [3.8, 4) is 0 Å². The van der Waals surface area contributed by atoms with E-state index < -0.39 is 0 Å². The summed E-state index contributed by atoms with van der Waals surface area (Å²) in [6, 6.07) is 7.99. The summed E-state index contributed by atoms with van der Waals surface area (Å²) in [7, 11) is 0. The Hall–Kier alpha value is -0.490. The Labute approximate surface area is 144 Å². The van der Waals surface area contributed by atoms with Crippen LogP contribution in [0.25, 0.3) is 0 Å². The minimum Gasteiger partial charge on any atom is -0.357 e. The van der Waals surface area contributed by atoms with Gasteiger partial charge in [-0.15, -0.1) is 24.0 Å². The molecular formula is C15H25ClIN3. The summed E-state index contributed by atoms with van der Waals surface area (Å²) < 4.78 is 0. The summed E-state index contributed by atoms with van der Waals surface area (Å²) in [5.41, 5.74) is 1.23. The minimum absolute atomic E-state index is 0. The summed E-state index contributed by atoms with van der Waals surface area (Å²) in [4.78, 5) is 4.64. The molecule has 1 rings (SSSR count). The van der Waals surface area contributed by atoms with Crippen molar-refractivity contribution in [2.24, 2.45) is 4.99 Å². The highest BCUT2D eigenvalue weighted by atomic mass is 127. The van der Waals surface area contributed by atoms with E-state index in [1.807, 2.05) is 12.1 Å². The lowest BCUT2D eigenvalue weighted by Gasteiger charge is -2.24. The number of rotatable bonds is 5. The molecule has 0 atom stereocenters. The van der Waals surface area contributed by atoms with Crippen LogP contribution < -0.4 is 10.6 Å². The van der Waals surface area contributed by atoms with Gasteiger partial charge in [-0.1, -0.05) is 37.6 Å². The Kier molecular flexibility index (Phi) is 9.22. The Balaban J connectivity index is 0.00000361. The van der Waals surface area contributed by atoms with E-state index in [1.54, 1.807) is 0 Å². The number of hydrogen-bond acceptors (Lipinski definition) is 1. The van der Waals surface area contributed by atoms with Crippen molar-refractivity contribution in [2.75, 3.05) is 19.6 Å². The molecule has 0 spiro atoms. The average Bonchev–Trinajstić information content (AvgIpc) is 2.37. The molecule has 2 N–H and O–H groups in total. The minimum atomic E-state index is -0.0132. The molecule has 0 fully saturated rings. The molecule has 0 aliphatic rings. The number of halogens is 2. The van der Waals surface area contributed by atoms with Crippen molar-refractivity contribution >= 4 is 41.5 Å². The first-order valence-electron chi connectivity index (χ1n) is 6.78. The standard InChI is InChI=1S/C15H24ClN3.HI/c1-5-17-14(18-6-2)19-11-15(3,4)12-7-9-13(16)10-8-12;/h7-10H,5-6,11H2,1-4H3,(H2,17,18,19);1H. The number of guanidine groups is 1. The molecule has 5 heteroatoms. The predicted octanol–water partition coefficient (Wildman–Crippen LogP) is 3.81. The van der Waals surface area contributed by atoms with E-state index in [4.69, 9.17) is 11.6 Å². The Morgan fingerprint density at radius 2 is 1.60 bits per heavy atom. The van der Waals surface area contributed by atoms with Crippen molar-refractivity contribution in [3.63, 3.8) is 0 Å². The number of nitrogens with zero attached hydrogens (tertiary/aromatic N) is 1. The maximum Gasteiger partial charge on any atom is 0.191 e. The van der Waals surface area contributed by atoms with Crippen LogP contribution >= 0.6 is 35.6 Å². The van der Waals surface area contributed by atoms with Gasteiger partial charge in [0.25, 0.3) is 0 Å². The first-order chi connectivity index (χ1) is 8.99. The Morgan fingerprint density at radius 1 is 1.10 bits per heavy atom. The molecule has 1 aromatic carbocycles. The van der Waals surface area contributed by atoms with Crippen molar-refractivity contribution in [1.82, 2.24) is 10.6 Å². The van der Waals surface area contributed by atoms with Gasteiger partial charge >= 0.3 is 0 Å². The molecule has 20 heavy (non-hydrogen) atoms. The molecule has 0 unspecified atom stereocenters. The molecule has 0 aliphatic carbocycles. The monoisotopic (exact) mass is 409 g/mol. The van der Waals surface area contributed by atoms with Crippen LogP contribution in [0.2, 0.25) is 5.02 Å². The fourth-order valence-electron chi connectivity index (χ4n) is 1.78. The fourth-order valence-corrected chi connectivity index (χ4v) is 1.90. The van der Waals surface area contributed by atoms with Crippen molar-refractivity contribution in [3.05, 3.63) is 34.9 Å². The number of nitrogens with one attached hydrogen (secondary N) is 2. The summed E-state index contributed by atoms with van der Waals surface area (Å²) in [5, 5.41) is 7.24. The molecule has 3 nitrogen and oxygen atoms in total. The van der Waals surface area contributed by atoms with Crippen LogP contribution in [0.15, 0.2) is 29.3 Å². The first-order valence-corrected chi connectivity index (χ1v) is 7.15. The van der Waals surface area contributed by atoms with E-state index in [0.29, 0.717) is 0 Å². The molecule has 0 radical (unpaired) electrons. The van der Waals surface area contributed by atoms with Gasteiger partial charge in [0.05, 0.1) is 6.54 Å². The molecule has 0 bridgehead atoms. The fraction of sp³-hybridized carbons (Fsp3) is 0.533. The zero-order chi connectivity index (χ0) is 14.3. The lowest BCUT2D eigenvalue weighted by Crippen LogP contribution is -2.38. The molecule has 0 heterocycles. The maximum atomic E-state index is 5.92. The SMILES string of the molecule is CCNC(=NCC(C)(C)c1ccc(Cl)cc1)NCC.I. The molecular weight excluding hydrogens is 385 g/mol. The lowest BCUT2D eigenvalue weighted by atomic mass is 9.85. The average molecular weight is 410 g/mol. The van der Waals surface area contributed by atoms with Gasteiger partial charge in [-0.3, -0.25) is 4.99 Å². The van der Waals surface area contributed by atoms with Crippen LogP contribution in [0.1, 0.15) is 33.3 Å². The maximum absolute atomic E-state index is 5.92. The summed E-state index contributed by atoms with van der Waals surface area (Å²) in [6.45, 7) is 11.0. The van der Waals surface area contributed by atoms with E-state index >= 15 is 0 Å². The van der Waals surface area contributed by atoms with E-state index in [-0.39, 0.29) is 29.4 Å². The molecule has 0 saturated carbocycles. The number of hydrogen-bond donors (Lipinski definition) is 2. The predicted molar refractivity (Wildman–Crippen MR) is 99.5 cm³/mol. The van der Waals surface area contributed by atoms with E-state index in [1.165, 1.54) is 5.56 Å².